The van der Waals surface area contributed by atoms with Crippen LogP contribution in [0.1, 0.15) is 5.56 Å². The first-order valence-electron chi connectivity index (χ1n) is 6.80. The van der Waals surface area contributed by atoms with Gasteiger partial charge in [-0.3, -0.25) is 4.90 Å². The molecule has 120 valence electrons. The molecule has 2 aromatic rings. The number of benzene rings is 1. The lowest BCUT2D eigenvalue weighted by Crippen LogP contribution is -2.35. The van der Waals surface area contributed by atoms with Crippen molar-refractivity contribution in [1.29, 1.82) is 0 Å². The minimum atomic E-state index is -4.21. The lowest BCUT2D eigenvalue weighted by molar-refractivity contribution is -0.144. The van der Waals surface area contributed by atoms with Crippen molar-refractivity contribution in [2.75, 3.05) is 19.6 Å². The highest BCUT2D eigenvalue weighted by Gasteiger charge is 2.30. The van der Waals surface area contributed by atoms with Gasteiger partial charge in [-0.2, -0.15) is 13.2 Å². The summed E-state index contributed by atoms with van der Waals surface area (Å²) < 4.78 is 42.9. The van der Waals surface area contributed by atoms with Crippen LogP contribution in [0.25, 0.3) is 10.9 Å². The first-order valence-corrected chi connectivity index (χ1v) is 7.27. The Balaban J connectivity index is 2.14. The number of aromatic nitrogens is 1. The Morgan fingerprint density at radius 1 is 1.36 bits per heavy atom. The summed E-state index contributed by atoms with van der Waals surface area (Å²) in [5, 5.41) is 0.906. The number of rotatable bonds is 7. The molecule has 0 amide bonds. The third-order valence-corrected chi connectivity index (χ3v) is 3.62. The monoisotopic (exact) mass is 330 g/mol. The Bertz CT molecular complexity index is 639. The van der Waals surface area contributed by atoms with Crippen LogP contribution >= 0.6 is 9.47 Å². The zero-order valence-corrected chi connectivity index (χ0v) is 13.1. The van der Waals surface area contributed by atoms with Crippen molar-refractivity contribution in [2.45, 2.75) is 12.6 Å². The molecule has 0 aliphatic rings. The average Bonchev–Trinajstić information content (AvgIpc) is 2.86. The number of halogens is 3. The number of nitrogens with zero attached hydrogens (tertiary/aromatic N) is 1. The summed E-state index contributed by atoms with van der Waals surface area (Å²) in [5.41, 5.74) is 1.84. The first-order chi connectivity index (χ1) is 10.4. The van der Waals surface area contributed by atoms with Crippen LogP contribution in [-0.2, 0) is 6.42 Å². The van der Waals surface area contributed by atoms with Gasteiger partial charge in [0.15, 0.2) is 0 Å². The number of hydrogen-bond acceptors (Lipinski definition) is 2. The summed E-state index contributed by atoms with van der Waals surface area (Å²) in [5.74, 6) is 0.685. The topological polar surface area (TPSA) is 28.3 Å². The molecule has 3 nitrogen and oxygen atoms in total. The van der Waals surface area contributed by atoms with Crippen LogP contribution in [0.3, 0.4) is 0 Å². The molecular weight excluding hydrogens is 312 g/mol. The second-order valence-corrected chi connectivity index (χ2v) is 5.24. The van der Waals surface area contributed by atoms with Crippen molar-refractivity contribution >= 4 is 20.4 Å². The van der Waals surface area contributed by atoms with Gasteiger partial charge >= 0.3 is 6.18 Å². The van der Waals surface area contributed by atoms with Crippen LogP contribution in [0.2, 0.25) is 0 Å². The predicted molar refractivity (Wildman–Crippen MR) is 85.0 cm³/mol. The molecule has 0 fully saturated rings. The fraction of sp³-hybridized carbons (Fsp3) is 0.333. The van der Waals surface area contributed by atoms with Crippen molar-refractivity contribution in [3.8, 4) is 5.75 Å². The van der Waals surface area contributed by atoms with Crippen LogP contribution in [0.4, 0.5) is 13.2 Å². The third kappa shape index (κ3) is 4.24. The first kappa shape index (κ1) is 16.8. The van der Waals surface area contributed by atoms with Gasteiger partial charge < -0.3 is 9.51 Å². The van der Waals surface area contributed by atoms with Crippen LogP contribution in [0.5, 0.6) is 5.75 Å². The second kappa shape index (κ2) is 7.16. The molecule has 0 aliphatic heterocycles. The van der Waals surface area contributed by atoms with E-state index in [9.17, 15) is 13.2 Å². The highest BCUT2D eigenvalue weighted by molar-refractivity contribution is 7.10. The van der Waals surface area contributed by atoms with Crippen molar-refractivity contribution in [2.24, 2.45) is 0 Å². The number of alkyl halides is 3. The van der Waals surface area contributed by atoms with E-state index in [-0.39, 0.29) is 6.54 Å². The van der Waals surface area contributed by atoms with Gasteiger partial charge in [0.25, 0.3) is 0 Å². The molecule has 0 spiro atoms. The van der Waals surface area contributed by atoms with Gasteiger partial charge in [0.05, 0.1) is 16.0 Å². The quantitative estimate of drug-likeness (QED) is 0.615. The third-order valence-electron chi connectivity index (χ3n) is 3.36. The van der Waals surface area contributed by atoms with E-state index in [2.05, 4.69) is 21.0 Å². The molecule has 0 saturated carbocycles. The van der Waals surface area contributed by atoms with Gasteiger partial charge in [-0.05, 0) is 24.1 Å². The van der Waals surface area contributed by atoms with E-state index in [1.54, 1.807) is 0 Å². The Morgan fingerprint density at radius 2 is 2.14 bits per heavy atom. The number of fused-ring (bicyclic) bond motifs is 1. The fourth-order valence-corrected chi connectivity index (χ4v) is 2.66. The molecular formula is C15H18F3N2OP. The minimum absolute atomic E-state index is 0.203. The molecule has 1 N–H and O–H groups in total. The van der Waals surface area contributed by atoms with Crippen LogP contribution in [0, 0.1) is 0 Å². The maximum atomic E-state index is 12.6. The molecule has 7 heteroatoms. The summed E-state index contributed by atoms with van der Waals surface area (Å²) in [6.45, 7) is 3.08. The lowest BCUT2D eigenvalue weighted by Gasteiger charge is -2.22. The predicted octanol–water partition coefficient (Wildman–Crippen LogP) is 3.93. The molecule has 1 unspecified atom stereocenters. The van der Waals surface area contributed by atoms with Crippen LogP contribution in [-0.4, -0.2) is 35.7 Å². The summed E-state index contributed by atoms with van der Waals surface area (Å²) in [4.78, 5) is 4.45. The van der Waals surface area contributed by atoms with Gasteiger partial charge in [-0.1, -0.05) is 12.1 Å². The molecule has 0 saturated heterocycles. The number of nitrogens with one attached hydrogen (secondary N) is 1. The molecule has 0 aliphatic carbocycles. The van der Waals surface area contributed by atoms with E-state index >= 15 is 0 Å². The average molecular weight is 330 g/mol. The van der Waals surface area contributed by atoms with E-state index in [0.29, 0.717) is 18.7 Å². The zero-order chi connectivity index (χ0) is 16.2. The fourth-order valence-electron chi connectivity index (χ4n) is 2.46. The largest absolute Gasteiger partial charge is 0.480 e. The summed E-state index contributed by atoms with van der Waals surface area (Å²) in [7, 11) is 2.19. The summed E-state index contributed by atoms with van der Waals surface area (Å²) in [6.07, 6.45) is -0.414. The molecule has 22 heavy (non-hydrogen) atoms. The van der Waals surface area contributed by atoms with Crippen molar-refractivity contribution in [1.82, 2.24) is 9.88 Å². The SMILES string of the molecule is C=CCN(CCc1c[nH]c2cccc(OP)c12)CC(F)(F)F. The van der Waals surface area contributed by atoms with Gasteiger partial charge in [0, 0.05) is 30.2 Å². The number of aromatic amines is 1. The lowest BCUT2D eigenvalue weighted by atomic mass is 10.1. The highest BCUT2D eigenvalue weighted by Crippen LogP contribution is 2.30. The maximum absolute atomic E-state index is 12.6. The molecule has 0 radical (unpaired) electrons. The zero-order valence-electron chi connectivity index (χ0n) is 12.0. The normalized spacial score (nSPS) is 12.0. The molecule has 1 heterocycles. The Labute approximate surface area is 129 Å². The Morgan fingerprint density at radius 3 is 2.77 bits per heavy atom. The van der Waals surface area contributed by atoms with Crippen molar-refractivity contribution < 1.29 is 17.7 Å². The molecule has 1 atom stereocenters. The molecule has 2 rings (SSSR count). The number of hydrogen-bond donors (Lipinski definition) is 1. The standard InChI is InChI=1S/C15H18F3N2OP/c1-2-7-20(10-15(16,17)18)8-6-11-9-19-12-4-3-5-13(21-22)14(11)12/h2-5,9,19H,1,6-8,10,22H2. The van der Waals surface area contributed by atoms with Gasteiger partial charge in [-0.15, -0.1) is 6.58 Å². The van der Waals surface area contributed by atoms with E-state index < -0.39 is 12.7 Å². The van der Waals surface area contributed by atoms with E-state index in [4.69, 9.17) is 4.52 Å². The maximum Gasteiger partial charge on any atom is 0.401 e. The van der Waals surface area contributed by atoms with Gasteiger partial charge in [0.2, 0.25) is 0 Å². The van der Waals surface area contributed by atoms with E-state index in [1.807, 2.05) is 24.4 Å². The summed E-state index contributed by atoms with van der Waals surface area (Å²) >= 11 is 0. The number of H-pyrrole nitrogens is 1. The van der Waals surface area contributed by atoms with Crippen LogP contribution < -0.4 is 4.52 Å². The van der Waals surface area contributed by atoms with Crippen molar-refractivity contribution in [3.05, 3.63) is 42.6 Å². The highest BCUT2D eigenvalue weighted by atomic mass is 31.0. The molecule has 1 aromatic heterocycles. The second-order valence-electron chi connectivity index (χ2n) is 5.00. The smallest absolute Gasteiger partial charge is 0.401 e. The molecule has 0 bridgehead atoms. The van der Waals surface area contributed by atoms with Crippen molar-refractivity contribution in [3.63, 3.8) is 0 Å². The summed E-state index contributed by atoms with van der Waals surface area (Å²) in [6, 6.07) is 5.59. The minimum Gasteiger partial charge on any atom is -0.480 e. The Kier molecular flexibility index (Phi) is 5.48. The van der Waals surface area contributed by atoms with E-state index in [1.165, 1.54) is 11.0 Å². The van der Waals surface area contributed by atoms with Gasteiger partial charge in [-0.25, -0.2) is 0 Å². The van der Waals surface area contributed by atoms with E-state index in [0.717, 1.165) is 16.5 Å². The Hall–Kier alpha value is -1.52. The van der Waals surface area contributed by atoms with Gasteiger partial charge in [0.1, 0.15) is 5.75 Å². The molecule has 1 aromatic carbocycles. The van der Waals surface area contributed by atoms with Crippen LogP contribution in [0.15, 0.2) is 37.1 Å².